The Bertz CT molecular complexity index is 442. The molecule has 21 heavy (non-hydrogen) atoms. The zero-order chi connectivity index (χ0) is 15.5. The molecule has 0 N–H and O–H groups in total. The molecule has 0 amide bonds. The van der Waals surface area contributed by atoms with Crippen molar-refractivity contribution in [2.24, 2.45) is 0 Å². The lowest BCUT2D eigenvalue weighted by Crippen LogP contribution is -2.10. The van der Waals surface area contributed by atoms with E-state index in [1.807, 2.05) is 31.2 Å². The van der Waals surface area contributed by atoms with Crippen LogP contribution >= 0.6 is 11.6 Å². The van der Waals surface area contributed by atoms with E-state index >= 15 is 0 Å². The molecule has 1 rings (SSSR count). The third-order valence-corrected chi connectivity index (χ3v) is 3.18. The minimum Gasteiger partial charge on any atom is -0.466 e. The minimum atomic E-state index is -0.399. The van der Waals surface area contributed by atoms with Crippen molar-refractivity contribution in [1.82, 2.24) is 0 Å². The second kappa shape index (κ2) is 10.2. The van der Waals surface area contributed by atoms with E-state index in [-0.39, 0.29) is 25.4 Å². The van der Waals surface area contributed by atoms with E-state index in [4.69, 9.17) is 21.1 Å². The maximum atomic E-state index is 11.5. The molecule has 0 bridgehead atoms. The minimum absolute atomic E-state index is 0.0464. The van der Waals surface area contributed by atoms with E-state index in [9.17, 15) is 9.59 Å². The first-order chi connectivity index (χ1) is 10.2. The van der Waals surface area contributed by atoms with Gasteiger partial charge >= 0.3 is 11.9 Å². The quantitative estimate of drug-likeness (QED) is 0.397. The molecule has 0 aliphatic carbocycles. The van der Waals surface area contributed by atoms with Crippen LogP contribution in [0.2, 0.25) is 0 Å². The van der Waals surface area contributed by atoms with Gasteiger partial charge in [0.15, 0.2) is 0 Å². The summed E-state index contributed by atoms with van der Waals surface area (Å²) in [4.78, 5) is 22.8. The Morgan fingerprint density at radius 2 is 1.57 bits per heavy atom. The van der Waals surface area contributed by atoms with Gasteiger partial charge in [-0.05, 0) is 17.5 Å². The molecule has 4 nitrogen and oxygen atoms in total. The summed E-state index contributed by atoms with van der Waals surface area (Å²) >= 11 is 5.69. The second-order valence-corrected chi connectivity index (χ2v) is 4.95. The number of carbonyl (C=O) groups excluding carboxylic acids is 2. The van der Waals surface area contributed by atoms with Gasteiger partial charge < -0.3 is 9.47 Å². The summed E-state index contributed by atoms with van der Waals surface area (Å²) < 4.78 is 10.1. The van der Waals surface area contributed by atoms with Crippen molar-refractivity contribution in [3.63, 3.8) is 0 Å². The van der Waals surface area contributed by atoms with Crippen LogP contribution in [0.3, 0.4) is 0 Å². The van der Waals surface area contributed by atoms with Gasteiger partial charge in [0.2, 0.25) is 0 Å². The van der Waals surface area contributed by atoms with E-state index in [1.165, 1.54) is 0 Å². The topological polar surface area (TPSA) is 52.6 Å². The van der Waals surface area contributed by atoms with E-state index in [1.54, 1.807) is 0 Å². The summed E-state index contributed by atoms with van der Waals surface area (Å²) in [6.07, 6.45) is 1.92. The highest BCUT2D eigenvalue weighted by molar-refractivity contribution is 6.17. The molecule has 0 spiro atoms. The molecule has 0 fully saturated rings. The van der Waals surface area contributed by atoms with Crippen LogP contribution in [0.1, 0.15) is 43.7 Å². The van der Waals surface area contributed by atoms with Gasteiger partial charge in [0, 0.05) is 5.88 Å². The Hall–Kier alpha value is -1.55. The number of unbranched alkanes of at least 4 members (excludes halogenated alkanes) is 1. The van der Waals surface area contributed by atoms with Crippen molar-refractivity contribution in [2.75, 3.05) is 6.61 Å². The molecular weight excluding hydrogens is 292 g/mol. The Morgan fingerprint density at radius 1 is 1.00 bits per heavy atom. The molecule has 0 unspecified atom stereocenters. The predicted molar refractivity (Wildman–Crippen MR) is 80.9 cm³/mol. The first-order valence-corrected chi connectivity index (χ1v) is 7.64. The summed E-state index contributed by atoms with van der Waals surface area (Å²) in [6, 6.07) is 7.51. The van der Waals surface area contributed by atoms with Gasteiger partial charge in [-0.2, -0.15) is 0 Å². The summed E-state index contributed by atoms with van der Waals surface area (Å²) in [5.41, 5.74) is 1.91. The van der Waals surface area contributed by atoms with Gasteiger partial charge in [-0.1, -0.05) is 37.6 Å². The molecular formula is C16H21ClO4. The maximum absolute atomic E-state index is 11.5. The van der Waals surface area contributed by atoms with Crippen molar-refractivity contribution in [3.8, 4) is 0 Å². The van der Waals surface area contributed by atoms with Crippen molar-refractivity contribution in [2.45, 2.75) is 45.1 Å². The fourth-order valence-corrected chi connectivity index (χ4v) is 1.75. The fraction of sp³-hybridized carbons (Fsp3) is 0.500. The normalized spacial score (nSPS) is 10.2. The molecule has 1 aromatic rings. The smallest absolute Gasteiger partial charge is 0.306 e. The molecule has 1 aromatic carbocycles. The third-order valence-electron chi connectivity index (χ3n) is 2.87. The summed E-state index contributed by atoms with van der Waals surface area (Å²) in [7, 11) is 0. The number of benzene rings is 1. The summed E-state index contributed by atoms with van der Waals surface area (Å²) in [5, 5.41) is 0. The molecule has 0 atom stereocenters. The second-order valence-electron chi connectivity index (χ2n) is 4.68. The molecule has 0 radical (unpaired) electrons. The van der Waals surface area contributed by atoms with Crippen molar-refractivity contribution in [3.05, 3.63) is 35.4 Å². The standard InChI is InChI=1S/C16H21ClO4/c1-2-3-10-20-15(18)8-9-16(19)21-12-14-6-4-13(11-17)5-7-14/h4-7H,2-3,8-12H2,1H3. The SMILES string of the molecule is CCCCOC(=O)CCC(=O)OCc1ccc(CCl)cc1. The largest absolute Gasteiger partial charge is 0.466 e. The van der Waals surface area contributed by atoms with Crippen LogP contribution in [0.4, 0.5) is 0 Å². The Kier molecular flexibility index (Phi) is 8.51. The summed E-state index contributed by atoms with van der Waals surface area (Å²) in [6.45, 7) is 2.63. The summed E-state index contributed by atoms with van der Waals surface area (Å²) in [5.74, 6) is -0.295. The van der Waals surface area contributed by atoms with Crippen LogP contribution in [-0.2, 0) is 31.5 Å². The van der Waals surface area contributed by atoms with E-state index < -0.39 is 5.97 Å². The van der Waals surface area contributed by atoms with Crippen LogP contribution in [0, 0.1) is 0 Å². The van der Waals surface area contributed by atoms with Crippen molar-refractivity contribution >= 4 is 23.5 Å². The first-order valence-electron chi connectivity index (χ1n) is 7.10. The number of hydrogen-bond donors (Lipinski definition) is 0. The van der Waals surface area contributed by atoms with Gasteiger partial charge in [0.1, 0.15) is 6.61 Å². The Balaban J connectivity index is 2.19. The van der Waals surface area contributed by atoms with Crippen LogP contribution in [-0.4, -0.2) is 18.5 Å². The number of halogens is 1. The zero-order valence-corrected chi connectivity index (χ0v) is 13.0. The highest BCUT2D eigenvalue weighted by atomic mass is 35.5. The molecule has 0 aromatic heterocycles. The van der Waals surface area contributed by atoms with Crippen LogP contribution in [0.25, 0.3) is 0 Å². The van der Waals surface area contributed by atoms with Gasteiger partial charge in [0.25, 0.3) is 0 Å². The molecule has 0 saturated carbocycles. The molecule has 116 valence electrons. The first kappa shape index (κ1) is 17.5. The Morgan fingerprint density at radius 3 is 2.14 bits per heavy atom. The lowest BCUT2D eigenvalue weighted by atomic mass is 10.2. The molecule has 0 saturated heterocycles. The zero-order valence-electron chi connectivity index (χ0n) is 12.3. The van der Waals surface area contributed by atoms with Gasteiger partial charge in [0.05, 0.1) is 19.4 Å². The fourth-order valence-electron chi connectivity index (χ4n) is 1.57. The maximum Gasteiger partial charge on any atom is 0.306 e. The molecule has 0 aliphatic heterocycles. The molecule has 5 heteroatoms. The number of hydrogen-bond acceptors (Lipinski definition) is 4. The highest BCUT2D eigenvalue weighted by Gasteiger charge is 2.09. The number of alkyl halides is 1. The average Bonchev–Trinajstić information content (AvgIpc) is 2.51. The highest BCUT2D eigenvalue weighted by Crippen LogP contribution is 2.08. The number of rotatable bonds is 9. The van der Waals surface area contributed by atoms with Crippen molar-refractivity contribution < 1.29 is 19.1 Å². The molecule has 0 heterocycles. The van der Waals surface area contributed by atoms with Crippen LogP contribution in [0.5, 0.6) is 0 Å². The lowest BCUT2D eigenvalue weighted by Gasteiger charge is -2.06. The van der Waals surface area contributed by atoms with Crippen LogP contribution in [0.15, 0.2) is 24.3 Å². The third kappa shape index (κ3) is 7.71. The van der Waals surface area contributed by atoms with Gasteiger partial charge in [-0.3, -0.25) is 9.59 Å². The Labute approximate surface area is 130 Å². The van der Waals surface area contributed by atoms with E-state index in [0.717, 1.165) is 24.0 Å². The average molecular weight is 313 g/mol. The number of esters is 2. The monoisotopic (exact) mass is 312 g/mol. The predicted octanol–water partition coefficient (Wildman–Crippen LogP) is 3.59. The van der Waals surface area contributed by atoms with Crippen LogP contribution < -0.4 is 0 Å². The lowest BCUT2D eigenvalue weighted by molar-refractivity contribution is -0.151. The number of ether oxygens (including phenoxy) is 2. The molecule has 0 aliphatic rings. The van der Waals surface area contributed by atoms with E-state index in [2.05, 4.69) is 0 Å². The van der Waals surface area contributed by atoms with Gasteiger partial charge in [-0.25, -0.2) is 0 Å². The van der Waals surface area contributed by atoms with Gasteiger partial charge in [-0.15, -0.1) is 11.6 Å². The number of carbonyl (C=O) groups is 2. The van der Waals surface area contributed by atoms with E-state index in [0.29, 0.717) is 12.5 Å². The van der Waals surface area contributed by atoms with Crippen molar-refractivity contribution in [1.29, 1.82) is 0 Å².